The third-order valence-electron chi connectivity index (χ3n) is 3.18. The first-order valence-corrected chi connectivity index (χ1v) is 7.23. The van der Waals surface area contributed by atoms with Crippen LogP contribution in [0, 0.1) is 6.92 Å². The van der Waals surface area contributed by atoms with E-state index < -0.39 is 0 Å². The van der Waals surface area contributed by atoms with E-state index in [1.54, 1.807) is 18.0 Å². The minimum Gasteiger partial charge on any atom is -0.480 e. The molecule has 3 aromatic rings. The van der Waals surface area contributed by atoms with E-state index in [9.17, 15) is 0 Å². The molecule has 3 aromatic heterocycles. The number of methoxy groups -OCH3 is 1. The van der Waals surface area contributed by atoms with Crippen LogP contribution in [0.1, 0.15) is 10.7 Å². The first-order valence-electron chi connectivity index (χ1n) is 6.45. The maximum atomic E-state index is 5.12. The number of hydrogen-bond donors (Lipinski definition) is 0. The number of hydrogen-bond acceptors (Lipinski definition) is 7. The van der Waals surface area contributed by atoms with Crippen molar-refractivity contribution in [2.45, 2.75) is 13.5 Å². The third-order valence-corrected chi connectivity index (χ3v) is 3.94. The highest BCUT2D eigenvalue weighted by Crippen LogP contribution is 2.25. The summed E-state index contributed by atoms with van der Waals surface area (Å²) in [4.78, 5) is 12.2. The molecule has 0 N–H and O–H groups in total. The second kappa shape index (κ2) is 5.28. The fourth-order valence-corrected chi connectivity index (χ4v) is 2.92. The van der Waals surface area contributed by atoms with Crippen molar-refractivity contribution < 1.29 is 4.74 Å². The Morgan fingerprint density at radius 2 is 2.19 bits per heavy atom. The zero-order valence-electron chi connectivity index (χ0n) is 12.4. The number of anilines is 1. The van der Waals surface area contributed by atoms with Crippen molar-refractivity contribution in [1.29, 1.82) is 0 Å². The third kappa shape index (κ3) is 2.54. The summed E-state index contributed by atoms with van der Waals surface area (Å²) < 4.78 is 11.1. The Kier molecular flexibility index (Phi) is 3.46. The van der Waals surface area contributed by atoms with Crippen LogP contribution < -0.4 is 9.64 Å². The van der Waals surface area contributed by atoms with Gasteiger partial charge < -0.3 is 9.64 Å². The number of aryl methyl sites for hydroxylation is 2. The Bertz CT molecular complexity index is 780. The summed E-state index contributed by atoms with van der Waals surface area (Å²) in [7, 11) is 5.50. The maximum Gasteiger partial charge on any atom is 0.225 e. The minimum atomic E-state index is 0.647. The van der Waals surface area contributed by atoms with Gasteiger partial charge in [-0.05, 0) is 18.5 Å². The zero-order chi connectivity index (χ0) is 15.0. The molecule has 0 amide bonds. The molecule has 0 aromatic carbocycles. The molecule has 110 valence electrons. The van der Waals surface area contributed by atoms with Crippen LogP contribution in [0.15, 0.2) is 12.3 Å². The van der Waals surface area contributed by atoms with Gasteiger partial charge in [0.15, 0.2) is 5.65 Å². The molecule has 21 heavy (non-hydrogen) atoms. The zero-order valence-corrected chi connectivity index (χ0v) is 13.2. The molecule has 0 aliphatic carbocycles. The lowest BCUT2D eigenvalue weighted by atomic mass is 10.3. The van der Waals surface area contributed by atoms with Crippen molar-refractivity contribution in [3.63, 3.8) is 0 Å². The summed E-state index contributed by atoms with van der Waals surface area (Å²) >= 11 is 1.43. The largest absolute Gasteiger partial charge is 0.480 e. The van der Waals surface area contributed by atoms with Gasteiger partial charge in [0.2, 0.25) is 5.88 Å². The van der Waals surface area contributed by atoms with Crippen molar-refractivity contribution >= 4 is 28.4 Å². The van der Waals surface area contributed by atoms with Crippen LogP contribution in [0.25, 0.3) is 11.0 Å². The summed E-state index contributed by atoms with van der Waals surface area (Å²) in [6, 6.07) is 1.94. The first kappa shape index (κ1) is 13.7. The van der Waals surface area contributed by atoms with Crippen LogP contribution in [-0.2, 0) is 13.6 Å². The molecule has 0 bridgehead atoms. The lowest BCUT2D eigenvalue weighted by molar-refractivity contribution is 0.402. The van der Waals surface area contributed by atoms with E-state index in [-0.39, 0.29) is 0 Å². The van der Waals surface area contributed by atoms with Crippen LogP contribution in [-0.4, -0.2) is 38.3 Å². The highest BCUT2D eigenvalue weighted by atomic mass is 32.1. The lowest BCUT2D eigenvalue weighted by Gasteiger charge is -2.18. The molecule has 0 atom stereocenters. The molecular weight excluding hydrogens is 288 g/mol. The average molecular weight is 304 g/mol. The van der Waals surface area contributed by atoms with Crippen molar-refractivity contribution in [2.75, 3.05) is 19.1 Å². The molecule has 0 radical (unpaired) electrons. The second-order valence-electron chi connectivity index (χ2n) is 4.79. The quantitative estimate of drug-likeness (QED) is 0.732. The summed E-state index contributed by atoms with van der Waals surface area (Å²) in [5.74, 6) is 2.25. The smallest absolute Gasteiger partial charge is 0.225 e. The molecule has 0 unspecified atom stereocenters. The fraction of sp³-hybridized carbons (Fsp3) is 0.385. The minimum absolute atomic E-state index is 0.647. The topological polar surface area (TPSA) is 69.0 Å². The molecule has 3 heterocycles. The first-order chi connectivity index (χ1) is 10.1. The Morgan fingerprint density at radius 3 is 2.90 bits per heavy atom. The molecule has 0 aliphatic heterocycles. The van der Waals surface area contributed by atoms with Gasteiger partial charge in [-0.3, -0.25) is 4.68 Å². The molecule has 0 saturated heterocycles. The standard InChI is InChI=1S/C13H16N6OS/c1-8-15-12(10-6-14-19(3)13(10)16-8)18(2)7-9-5-11(20-4)17-21-9/h5-6H,7H2,1-4H3. The SMILES string of the molecule is COc1cc(CN(C)c2nc(C)nc3c2cnn3C)sn1. The van der Waals surface area contributed by atoms with Crippen molar-refractivity contribution in [2.24, 2.45) is 7.05 Å². The monoisotopic (exact) mass is 304 g/mol. The molecule has 7 nitrogen and oxygen atoms in total. The summed E-state index contributed by atoms with van der Waals surface area (Å²) in [6.45, 7) is 2.60. The molecule has 0 spiro atoms. The van der Waals surface area contributed by atoms with Gasteiger partial charge in [-0.2, -0.15) is 9.47 Å². The molecule has 8 heteroatoms. The van der Waals surface area contributed by atoms with Crippen LogP contribution in [0.3, 0.4) is 0 Å². The van der Waals surface area contributed by atoms with Crippen molar-refractivity contribution in [3.8, 4) is 5.88 Å². The predicted molar refractivity (Wildman–Crippen MR) is 81.8 cm³/mol. The molecule has 0 saturated carbocycles. The van der Waals surface area contributed by atoms with E-state index in [2.05, 4.69) is 24.3 Å². The number of aromatic nitrogens is 5. The maximum absolute atomic E-state index is 5.12. The van der Waals surface area contributed by atoms with E-state index >= 15 is 0 Å². The van der Waals surface area contributed by atoms with Crippen LogP contribution >= 0.6 is 11.5 Å². The van der Waals surface area contributed by atoms with Crippen molar-refractivity contribution in [1.82, 2.24) is 24.1 Å². The molecular formula is C13H16N6OS. The van der Waals surface area contributed by atoms with Gasteiger partial charge in [-0.1, -0.05) is 0 Å². The fourth-order valence-electron chi connectivity index (χ4n) is 2.18. The van der Waals surface area contributed by atoms with Gasteiger partial charge >= 0.3 is 0 Å². The molecule has 0 fully saturated rings. The van der Waals surface area contributed by atoms with Gasteiger partial charge in [0.1, 0.15) is 11.6 Å². The van der Waals surface area contributed by atoms with Gasteiger partial charge in [-0.15, -0.1) is 0 Å². The Morgan fingerprint density at radius 1 is 1.38 bits per heavy atom. The molecule has 0 aliphatic rings. The lowest BCUT2D eigenvalue weighted by Crippen LogP contribution is -2.18. The van der Waals surface area contributed by atoms with Crippen LogP contribution in [0.5, 0.6) is 5.88 Å². The van der Waals surface area contributed by atoms with Crippen LogP contribution in [0.4, 0.5) is 5.82 Å². The Hall–Kier alpha value is -2.22. The van der Waals surface area contributed by atoms with Gasteiger partial charge in [0, 0.05) is 25.0 Å². The normalized spacial score (nSPS) is 11.0. The van der Waals surface area contributed by atoms with Crippen molar-refractivity contribution in [3.05, 3.63) is 23.0 Å². The second-order valence-corrected chi connectivity index (χ2v) is 5.68. The van der Waals surface area contributed by atoms with E-state index in [1.165, 1.54) is 11.5 Å². The molecule has 3 rings (SSSR count). The predicted octanol–water partition coefficient (Wildman–Crippen LogP) is 1.77. The summed E-state index contributed by atoms with van der Waals surface area (Å²) in [5.41, 5.74) is 0.839. The van der Waals surface area contributed by atoms with Gasteiger partial charge in [-0.25, -0.2) is 9.97 Å². The number of fused-ring (bicyclic) bond motifs is 1. The Labute approximate surface area is 126 Å². The summed E-state index contributed by atoms with van der Waals surface area (Å²) in [6.07, 6.45) is 1.80. The average Bonchev–Trinajstić information content (AvgIpc) is 3.06. The number of nitrogens with zero attached hydrogens (tertiary/aromatic N) is 6. The number of ether oxygens (including phenoxy) is 1. The Balaban J connectivity index is 1.95. The van der Waals surface area contributed by atoms with E-state index in [1.807, 2.05) is 27.1 Å². The van der Waals surface area contributed by atoms with E-state index in [0.29, 0.717) is 12.4 Å². The van der Waals surface area contributed by atoms with E-state index in [4.69, 9.17) is 4.74 Å². The summed E-state index contributed by atoms with van der Waals surface area (Å²) in [5, 5.41) is 5.21. The van der Waals surface area contributed by atoms with Gasteiger partial charge in [0.05, 0.1) is 25.2 Å². The van der Waals surface area contributed by atoms with E-state index in [0.717, 1.165) is 27.6 Å². The highest BCUT2D eigenvalue weighted by Gasteiger charge is 2.14. The van der Waals surface area contributed by atoms with Crippen LogP contribution in [0.2, 0.25) is 0 Å². The number of rotatable bonds is 4. The highest BCUT2D eigenvalue weighted by molar-refractivity contribution is 7.05. The van der Waals surface area contributed by atoms with Gasteiger partial charge in [0.25, 0.3) is 0 Å².